The second-order valence-corrected chi connectivity index (χ2v) is 2.97. The molecule has 1 aromatic rings. The van der Waals surface area contributed by atoms with Crippen LogP contribution < -0.4 is 0 Å². The predicted octanol–water partition coefficient (Wildman–Crippen LogP) is 0.981. The van der Waals surface area contributed by atoms with E-state index < -0.39 is 5.97 Å². The standard InChI is InChI=1S/C7H8O3S/c8-3-1-5-2-4-11-6(5)7(9)10/h2,4,8H,1,3H2,(H,9,10). The zero-order chi connectivity index (χ0) is 8.27. The monoisotopic (exact) mass is 172 g/mol. The molecule has 60 valence electrons. The lowest BCUT2D eigenvalue weighted by Gasteiger charge is -1.94. The first kappa shape index (κ1) is 8.23. The second kappa shape index (κ2) is 3.50. The number of aromatic carboxylic acids is 1. The third kappa shape index (κ3) is 1.78. The number of hydrogen-bond acceptors (Lipinski definition) is 3. The molecule has 1 heterocycles. The minimum Gasteiger partial charge on any atom is -0.477 e. The average molecular weight is 172 g/mol. The van der Waals surface area contributed by atoms with Gasteiger partial charge in [-0.3, -0.25) is 0 Å². The van der Waals surface area contributed by atoms with Crippen LogP contribution in [0.15, 0.2) is 11.4 Å². The fourth-order valence-corrected chi connectivity index (χ4v) is 1.63. The molecule has 2 N–H and O–H groups in total. The zero-order valence-electron chi connectivity index (χ0n) is 5.78. The van der Waals surface area contributed by atoms with Crippen molar-refractivity contribution in [2.75, 3.05) is 6.61 Å². The number of aliphatic hydroxyl groups excluding tert-OH is 1. The van der Waals surface area contributed by atoms with Gasteiger partial charge in [-0.25, -0.2) is 4.79 Å². The Balaban J connectivity index is 2.87. The summed E-state index contributed by atoms with van der Waals surface area (Å²) in [4.78, 5) is 10.8. The highest BCUT2D eigenvalue weighted by molar-refractivity contribution is 7.12. The highest BCUT2D eigenvalue weighted by Gasteiger charge is 2.09. The molecule has 0 saturated carbocycles. The van der Waals surface area contributed by atoms with Crippen LogP contribution >= 0.6 is 11.3 Å². The number of carbonyl (C=O) groups is 1. The Bertz CT molecular complexity index is 254. The van der Waals surface area contributed by atoms with Crippen molar-refractivity contribution >= 4 is 17.3 Å². The maximum atomic E-state index is 10.5. The van der Waals surface area contributed by atoms with E-state index in [0.29, 0.717) is 16.9 Å². The van der Waals surface area contributed by atoms with Crippen LogP contribution in [0.25, 0.3) is 0 Å². The summed E-state index contributed by atoms with van der Waals surface area (Å²) in [5.41, 5.74) is 0.713. The molecule has 0 bridgehead atoms. The molecule has 0 aliphatic rings. The molecule has 3 nitrogen and oxygen atoms in total. The van der Waals surface area contributed by atoms with Crippen LogP contribution in [0.3, 0.4) is 0 Å². The summed E-state index contributed by atoms with van der Waals surface area (Å²) in [6, 6.07) is 1.73. The van der Waals surface area contributed by atoms with Crippen molar-refractivity contribution in [1.82, 2.24) is 0 Å². The van der Waals surface area contributed by atoms with E-state index in [1.54, 1.807) is 11.4 Å². The Hall–Kier alpha value is -0.870. The Morgan fingerprint density at radius 3 is 2.91 bits per heavy atom. The third-order valence-electron chi connectivity index (χ3n) is 1.32. The minimum atomic E-state index is -0.913. The molecule has 0 spiro atoms. The SMILES string of the molecule is O=C(O)c1sccc1CCO. The molecular formula is C7H8O3S. The van der Waals surface area contributed by atoms with Crippen molar-refractivity contribution in [3.05, 3.63) is 21.9 Å². The summed E-state index contributed by atoms with van der Waals surface area (Å²) >= 11 is 1.19. The van der Waals surface area contributed by atoms with Gasteiger partial charge in [0.25, 0.3) is 0 Å². The van der Waals surface area contributed by atoms with Crippen molar-refractivity contribution in [3.8, 4) is 0 Å². The first-order chi connectivity index (χ1) is 5.25. The number of carboxylic acid groups (broad SMARTS) is 1. The van der Waals surface area contributed by atoms with E-state index in [-0.39, 0.29) is 6.61 Å². The van der Waals surface area contributed by atoms with Gasteiger partial charge in [0, 0.05) is 6.61 Å². The van der Waals surface area contributed by atoms with Crippen molar-refractivity contribution < 1.29 is 15.0 Å². The largest absolute Gasteiger partial charge is 0.477 e. The molecule has 1 rings (SSSR count). The Morgan fingerprint density at radius 2 is 2.36 bits per heavy atom. The second-order valence-electron chi connectivity index (χ2n) is 2.05. The lowest BCUT2D eigenvalue weighted by Crippen LogP contribution is -1.99. The topological polar surface area (TPSA) is 57.5 Å². The van der Waals surface area contributed by atoms with Crippen molar-refractivity contribution in [3.63, 3.8) is 0 Å². The van der Waals surface area contributed by atoms with Crippen molar-refractivity contribution in [1.29, 1.82) is 0 Å². The molecule has 0 amide bonds. The smallest absolute Gasteiger partial charge is 0.346 e. The molecule has 0 atom stereocenters. The fraction of sp³-hybridized carbons (Fsp3) is 0.286. The van der Waals surface area contributed by atoms with E-state index in [4.69, 9.17) is 10.2 Å². The normalized spacial score (nSPS) is 9.91. The third-order valence-corrected chi connectivity index (χ3v) is 2.27. The van der Waals surface area contributed by atoms with E-state index in [0.717, 1.165) is 0 Å². The van der Waals surface area contributed by atoms with Gasteiger partial charge in [-0.1, -0.05) is 0 Å². The molecule has 0 fully saturated rings. The van der Waals surface area contributed by atoms with Gasteiger partial charge in [0.2, 0.25) is 0 Å². The lowest BCUT2D eigenvalue weighted by molar-refractivity contribution is 0.0701. The van der Waals surface area contributed by atoms with E-state index >= 15 is 0 Å². The highest BCUT2D eigenvalue weighted by Crippen LogP contribution is 2.16. The van der Waals surface area contributed by atoms with E-state index in [2.05, 4.69) is 0 Å². The van der Waals surface area contributed by atoms with Crippen LogP contribution in [0.5, 0.6) is 0 Å². The summed E-state index contributed by atoms with van der Waals surface area (Å²) in [5, 5.41) is 18.9. The summed E-state index contributed by atoms with van der Waals surface area (Å²) in [5.74, 6) is -0.913. The highest BCUT2D eigenvalue weighted by atomic mass is 32.1. The van der Waals surface area contributed by atoms with E-state index in [9.17, 15) is 4.79 Å². The van der Waals surface area contributed by atoms with Crippen LogP contribution in [0, 0.1) is 0 Å². The van der Waals surface area contributed by atoms with Gasteiger partial charge >= 0.3 is 5.97 Å². The number of hydrogen-bond donors (Lipinski definition) is 2. The summed E-state index contributed by atoms with van der Waals surface area (Å²) in [7, 11) is 0. The number of carboxylic acids is 1. The summed E-state index contributed by atoms with van der Waals surface area (Å²) in [6.07, 6.45) is 0.422. The number of aliphatic hydroxyl groups is 1. The quantitative estimate of drug-likeness (QED) is 0.714. The van der Waals surface area contributed by atoms with Crippen LogP contribution in [-0.2, 0) is 6.42 Å². The van der Waals surface area contributed by atoms with Crippen LogP contribution in [-0.4, -0.2) is 22.8 Å². The number of thiophene rings is 1. The molecule has 0 aliphatic carbocycles. The van der Waals surface area contributed by atoms with Gasteiger partial charge < -0.3 is 10.2 Å². The van der Waals surface area contributed by atoms with Crippen LogP contribution in [0.4, 0.5) is 0 Å². The van der Waals surface area contributed by atoms with Gasteiger partial charge in [-0.2, -0.15) is 0 Å². The summed E-state index contributed by atoms with van der Waals surface area (Å²) < 4.78 is 0. The Morgan fingerprint density at radius 1 is 1.64 bits per heavy atom. The maximum absolute atomic E-state index is 10.5. The van der Waals surface area contributed by atoms with Gasteiger partial charge in [-0.05, 0) is 23.4 Å². The fourth-order valence-electron chi connectivity index (χ4n) is 0.841. The zero-order valence-corrected chi connectivity index (χ0v) is 6.60. The molecule has 0 aliphatic heterocycles. The molecular weight excluding hydrogens is 164 g/mol. The minimum absolute atomic E-state index is 0.00296. The molecule has 0 saturated heterocycles. The van der Waals surface area contributed by atoms with Gasteiger partial charge in [-0.15, -0.1) is 11.3 Å². The average Bonchev–Trinajstić information content (AvgIpc) is 2.36. The van der Waals surface area contributed by atoms with E-state index in [1.165, 1.54) is 11.3 Å². The van der Waals surface area contributed by atoms with E-state index in [1.807, 2.05) is 0 Å². The van der Waals surface area contributed by atoms with Crippen molar-refractivity contribution in [2.45, 2.75) is 6.42 Å². The first-order valence-corrected chi connectivity index (χ1v) is 4.04. The van der Waals surface area contributed by atoms with Crippen LogP contribution in [0.2, 0.25) is 0 Å². The molecule has 0 unspecified atom stereocenters. The lowest BCUT2D eigenvalue weighted by atomic mass is 10.2. The maximum Gasteiger partial charge on any atom is 0.346 e. The Labute approximate surface area is 67.9 Å². The molecule has 11 heavy (non-hydrogen) atoms. The van der Waals surface area contributed by atoms with Gasteiger partial charge in [0.1, 0.15) is 4.88 Å². The molecule has 0 aromatic carbocycles. The molecule has 0 radical (unpaired) electrons. The molecule has 4 heteroatoms. The number of rotatable bonds is 3. The van der Waals surface area contributed by atoms with Crippen molar-refractivity contribution in [2.24, 2.45) is 0 Å². The van der Waals surface area contributed by atoms with Gasteiger partial charge in [0.05, 0.1) is 0 Å². The molecule has 1 aromatic heterocycles. The predicted molar refractivity (Wildman–Crippen MR) is 42.1 cm³/mol. The van der Waals surface area contributed by atoms with Crippen LogP contribution in [0.1, 0.15) is 15.2 Å². The summed E-state index contributed by atoms with van der Waals surface area (Å²) in [6.45, 7) is -0.00296. The first-order valence-electron chi connectivity index (χ1n) is 3.16. The van der Waals surface area contributed by atoms with Gasteiger partial charge in [0.15, 0.2) is 0 Å². The Kier molecular flexibility index (Phi) is 2.62.